The van der Waals surface area contributed by atoms with Crippen LogP contribution >= 0.6 is 7.82 Å². The van der Waals surface area contributed by atoms with Crippen LogP contribution in [-0.2, 0) is 32.7 Å². The van der Waals surface area contributed by atoms with Crippen LogP contribution in [0.2, 0.25) is 0 Å². The third kappa shape index (κ3) is 39.9. The van der Waals surface area contributed by atoms with Gasteiger partial charge in [0, 0.05) is 12.8 Å². The van der Waals surface area contributed by atoms with Crippen molar-refractivity contribution in [2.45, 2.75) is 174 Å². The Bertz CT molecular complexity index is 1100. The summed E-state index contributed by atoms with van der Waals surface area (Å²) in [6.07, 6.45) is 37.5. The fraction of sp³-hybridized carbons (Fsp3) is 0.773. The highest BCUT2D eigenvalue weighted by molar-refractivity contribution is 7.47. The molecule has 0 heterocycles. The summed E-state index contributed by atoms with van der Waals surface area (Å²) >= 11 is 0. The largest absolute Gasteiger partial charge is 0.472 e. The van der Waals surface area contributed by atoms with Crippen molar-refractivity contribution in [2.24, 2.45) is 0 Å². The van der Waals surface area contributed by atoms with Gasteiger partial charge in [-0.2, -0.15) is 0 Å². The molecular formula is C44H81NO9P+. The van der Waals surface area contributed by atoms with Gasteiger partial charge in [-0.3, -0.25) is 18.6 Å². The third-order valence-electron chi connectivity index (χ3n) is 8.95. The number of nitrogens with zero attached hydrogens (tertiary/aromatic N) is 1. The minimum absolute atomic E-state index is 0.0128. The second-order valence-electron chi connectivity index (χ2n) is 15.5. The summed E-state index contributed by atoms with van der Waals surface area (Å²) in [5.41, 5.74) is 0. The molecule has 0 aliphatic heterocycles. The van der Waals surface area contributed by atoms with Crippen LogP contribution in [0.5, 0.6) is 0 Å². The number of phosphoric ester groups is 1. The van der Waals surface area contributed by atoms with Crippen molar-refractivity contribution < 1.29 is 47.2 Å². The van der Waals surface area contributed by atoms with Gasteiger partial charge in [-0.15, -0.1) is 0 Å². The van der Waals surface area contributed by atoms with E-state index < -0.39 is 38.6 Å². The minimum atomic E-state index is -4.40. The Morgan fingerprint density at radius 2 is 1.25 bits per heavy atom. The zero-order valence-electron chi connectivity index (χ0n) is 35.5. The molecule has 55 heavy (non-hydrogen) atoms. The molecule has 0 aromatic rings. The van der Waals surface area contributed by atoms with Crippen molar-refractivity contribution >= 4 is 19.8 Å². The summed E-state index contributed by atoms with van der Waals surface area (Å²) in [6.45, 7) is 4.15. The molecular weight excluding hydrogens is 717 g/mol. The number of phosphoric acid groups is 1. The number of rotatable bonds is 38. The third-order valence-corrected chi connectivity index (χ3v) is 9.93. The SMILES string of the molecule is CC/C=C/C/C=C/C=C/C(O)CCCCCCCC(=O)OC[C@H](COP(=O)(O)OCC[N+](C)(C)C)OC(=O)CCCCCCC/C=C\CCCCCCCC. The Morgan fingerprint density at radius 3 is 1.87 bits per heavy atom. The minimum Gasteiger partial charge on any atom is -0.462 e. The molecule has 0 bridgehead atoms. The van der Waals surface area contributed by atoms with E-state index in [4.69, 9.17) is 18.5 Å². The number of ether oxygens (including phenoxy) is 2. The van der Waals surface area contributed by atoms with Gasteiger partial charge in [-0.05, 0) is 57.8 Å². The molecule has 0 rings (SSSR count). The number of hydrogen-bond acceptors (Lipinski definition) is 8. The van der Waals surface area contributed by atoms with E-state index in [1.807, 2.05) is 39.4 Å². The van der Waals surface area contributed by atoms with Crippen LogP contribution in [0.4, 0.5) is 0 Å². The van der Waals surface area contributed by atoms with Gasteiger partial charge in [-0.25, -0.2) is 4.57 Å². The number of aliphatic hydroxyl groups excluding tert-OH is 1. The van der Waals surface area contributed by atoms with Gasteiger partial charge in [0.05, 0.1) is 33.9 Å². The van der Waals surface area contributed by atoms with Crippen LogP contribution in [0.1, 0.15) is 162 Å². The smallest absolute Gasteiger partial charge is 0.462 e. The van der Waals surface area contributed by atoms with Crippen molar-refractivity contribution in [3.63, 3.8) is 0 Å². The summed E-state index contributed by atoms with van der Waals surface area (Å²) in [5, 5.41) is 10.1. The summed E-state index contributed by atoms with van der Waals surface area (Å²) in [5.74, 6) is -0.888. The molecule has 0 aromatic carbocycles. The van der Waals surface area contributed by atoms with Crippen LogP contribution in [0.15, 0.2) is 48.6 Å². The van der Waals surface area contributed by atoms with Crippen LogP contribution in [0, 0.1) is 0 Å². The second-order valence-corrected chi connectivity index (χ2v) is 17.0. The van der Waals surface area contributed by atoms with Gasteiger partial charge in [0.1, 0.15) is 19.8 Å². The zero-order valence-corrected chi connectivity index (χ0v) is 36.4. The first kappa shape index (κ1) is 52.9. The van der Waals surface area contributed by atoms with E-state index in [1.54, 1.807) is 0 Å². The number of carbonyl (C=O) groups is 2. The molecule has 0 fully saturated rings. The Morgan fingerprint density at radius 1 is 0.673 bits per heavy atom. The summed E-state index contributed by atoms with van der Waals surface area (Å²) in [7, 11) is 1.41. The summed E-state index contributed by atoms with van der Waals surface area (Å²) < 4.78 is 34.2. The number of carbonyl (C=O) groups excluding carboxylic acids is 2. The maximum absolute atomic E-state index is 12.7. The van der Waals surface area contributed by atoms with E-state index >= 15 is 0 Å². The molecule has 0 radical (unpaired) electrons. The Labute approximate surface area is 336 Å². The Hall–Kier alpha value is -2.07. The molecule has 0 amide bonds. The van der Waals surface area contributed by atoms with E-state index in [0.717, 1.165) is 70.6 Å². The quantitative estimate of drug-likeness (QED) is 0.0157. The summed E-state index contributed by atoms with van der Waals surface area (Å²) in [6, 6.07) is 0. The first-order chi connectivity index (χ1) is 26.4. The molecule has 0 aromatic heterocycles. The van der Waals surface area contributed by atoms with Crippen LogP contribution in [-0.4, -0.2) is 86.1 Å². The van der Waals surface area contributed by atoms with Gasteiger partial charge in [0.15, 0.2) is 6.10 Å². The lowest BCUT2D eigenvalue weighted by Gasteiger charge is -2.24. The average Bonchev–Trinajstić information content (AvgIpc) is 3.12. The number of quaternary nitrogens is 1. The van der Waals surface area contributed by atoms with Gasteiger partial charge in [0.25, 0.3) is 0 Å². The topological polar surface area (TPSA) is 129 Å². The normalized spacial score (nSPS) is 14.7. The van der Waals surface area contributed by atoms with E-state index in [-0.39, 0.29) is 26.1 Å². The first-order valence-electron chi connectivity index (χ1n) is 21.5. The van der Waals surface area contributed by atoms with Crippen molar-refractivity contribution in [2.75, 3.05) is 47.5 Å². The highest BCUT2D eigenvalue weighted by Gasteiger charge is 2.27. The molecule has 3 atom stereocenters. The van der Waals surface area contributed by atoms with E-state index in [1.165, 1.54) is 44.9 Å². The van der Waals surface area contributed by atoms with E-state index in [0.29, 0.717) is 30.3 Å². The van der Waals surface area contributed by atoms with Crippen molar-refractivity contribution in [3.05, 3.63) is 48.6 Å². The average molecular weight is 799 g/mol. The number of allylic oxidation sites excluding steroid dienone is 7. The molecule has 2 unspecified atom stereocenters. The lowest BCUT2D eigenvalue weighted by atomic mass is 10.1. The highest BCUT2D eigenvalue weighted by atomic mass is 31.2. The molecule has 2 N–H and O–H groups in total. The molecule has 11 heteroatoms. The monoisotopic (exact) mass is 799 g/mol. The van der Waals surface area contributed by atoms with Crippen LogP contribution in [0.3, 0.4) is 0 Å². The van der Waals surface area contributed by atoms with E-state index in [2.05, 4.69) is 44.2 Å². The number of aliphatic hydroxyl groups is 1. The molecule has 0 saturated carbocycles. The lowest BCUT2D eigenvalue weighted by Crippen LogP contribution is -2.37. The van der Waals surface area contributed by atoms with Crippen molar-refractivity contribution in [1.82, 2.24) is 0 Å². The predicted molar refractivity (Wildman–Crippen MR) is 226 cm³/mol. The fourth-order valence-electron chi connectivity index (χ4n) is 5.54. The van der Waals surface area contributed by atoms with E-state index in [9.17, 15) is 24.2 Å². The van der Waals surface area contributed by atoms with Gasteiger partial charge in [0.2, 0.25) is 0 Å². The molecule has 0 aliphatic rings. The molecule has 320 valence electrons. The Balaban J connectivity index is 4.48. The number of esters is 2. The lowest BCUT2D eigenvalue weighted by molar-refractivity contribution is -0.870. The molecule has 0 spiro atoms. The Kier molecular flexibility index (Phi) is 34.9. The van der Waals surface area contributed by atoms with Crippen molar-refractivity contribution in [1.29, 1.82) is 0 Å². The summed E-state index contributed by atoms with van der Waals surface area (Å²) in [4.78, 5) is 35.3. The van der Waals surface area contributed by atoms with Crippen molar-refractivity contribution in [3.8, 4) is 0 Å². The standard InChI is InChI=1S/C44H80NO9P/c1-6-8-10-12-14-15-16-17-18-19-20-21-23-27-32-36-44(48)54-42(40-53-55(49,50)52-38-37-45(3,4)5)39-51-43(47)35-31-28-24-26-30-34-41(46)33-29-25-22-13-11-9-7-2/h9,11,17-18,22,25,29,33,41-42,46H,6-8,10,12-16,19-21,23-24,26-28,30-32,34-40H2,1-5H3/p+1/b11-9+,18-17-,25-22+,33-29+/t41?,42-/m1/s1. The molecule has 10 nitrogen and oxygen atoms in total. The predicted octanol–water partition coefficient (Wildman–Crippen LogP) is 10.9. The number of likely N-dealkylation sites (N-methyl/N-ethyl adjacent to an activating group) is 1. The van der Waals surface area contributed by atoms with Gasteiger partial charge >= 0.3 is 19.8 Å². The van der Waals surface area contributed by atoms with Gasteiger partial charge in [-0.1, -0.05) is 140 Å². The number of unbranched alkanes of at least 4 members (excludes halogenated alkanes) is 15. The van der Waals surface area contributed by atoms with Crippen LogP contribution < -0.4 is 0 Å². The maximum Gasteiger partial charge on any atom is 0.472 e. The van der Waals surface area contributed by atoms with Gasteiger partial charge < -0.3 is 24.0 Å². The fourth-order valence-corrected chi connectivity index (χ4v) is 6.29. The highest BCUT2D eigenvalue weighted by Crippen LogP contribution is 2.43. The maximum atomic E-state index is 12.7. The van der Waals surface area contributed by atoms with Crippen LogP contribution in [0.25, 0.3) is 0 Å². The first-order valence-corrected chi connectivity index (χ1v) is 23.0. The molecule has 0 aliphatic carbocycles. The second kappa shape index (κ2) is 36.3. The molecule has 0 saturated heterocycles. The zero-order chi connectivity index (χ0) is 40.9. The number of hydrogen-bond donors (Lipinski definition) is 2.